The fraction of sp³-hybridized carbons (Fsp3) is 0.591. The van der Waals surface area contributed by atoms with E-state index in [0.717, 1.165) is 37.8 Å². The van der Waals surface area contributed by atoms with Crippen LogP contribution in [0.5, 0.6) is 0 Å². The standard InChI is InChI=1S/C22H30N4O3/c27-19-10-4-5-13-26(19)21(17-7-2-1-3-8-17)22(29)24-12-6-9-18(16-24)25-14-11-23-15-20(25)28/h1-3,7-8,18,21,23H,4-6,9-16H2. The molecule has 0 radical (unpaired) electrons. The van der Waals surface area contributed by atoms with Crippen molar-refractivity contribution < 1.29 is 14.4 Å². The Morgan fingerprint density at radius 1 is 1.00 bits per heavy atom. The number of nitrogens with one attached hydrogen (secondary N) is 1. The second-order valence-corrected chi connectivity index (χ2v) is 8.20. The van der Waals surface area contributed by atoms with Crippen LogP contribution in [0, 0.1) is 0 Å². The Labute approximate surface area is 172 Å². The molecule has 0 aliphatic carbocycles. The fourth-order valence-corrected chi connectivity index (χ4v) is 4.78. The third kappa shape index (κ3) is 4.29. The molecule has 2 atom stereocenters. The minimum atomic E-state index is -0.568. The van der Waals surface area contributed by atoms with Crippen LogP contribution in [0.3, 0.4) is 0 Å². The van der Waals surface area contributed by atoms with E-state index in [4.69, 9.17) is 0 Å². The largest absolute Gasteiger partial charge is 0.339 e. The molecule has 0 bridgehead atoms. The SMILES string of the molecule is O=C(C(c1ccccc1)N1CCCCC1=O)N1CCCC(N2CCNCC2=O)C1. The zero-order valence-electron chi connectivity index (χ0n) is 16.9. The van der Waals surface area contributed by atoms with Crippen molar-refractivity contribution in [2.24, 2.45) is 0 Å². The van der Waals surface area contributed by atoms with Crippen molar-refractivity contribution in [2.75, 3.05) is 39.3 Å². The first-order valence-corrected chi connectivity index (χ1v) is 10.8. The van der Waals surface area contributed by atoms with Crippen molar-refractivity contribution in [1.82, 2.24) is 20.0 Å². The molecule has 0 aromatic heterocycles. The third-order valence-electron chi connectivity index (χ3n) is 6.30. The summed E-state index contributed by atoms with van der Waals surface area (Å²) in [6.07, 6.45) is 4.13. The first-order valence-electron chi connectivity index (χ1n) is 10.8. The van der Waals surface area contributed by atoms with E-state index in [1.807, 2.05) is 40.1 Å². The molecule has 1 aromatic carbocycles. The molecule has 7 heteroatoms. The van der Waals surface area contributed by atoms with Crippen molar-refractivity contribution in [2.45, 2.75) is 44.2 Å². The van der Waals surface area contributed by atoms with Crippen LogP contribution in [0.1, 0.15) is 43.7 Å². The molecule has 1 aromatic rings. The number of carbonyl (C=O) groups is 3. The maximum absolute atomic E-state index is 13.7. The number of hydrogen-bond donors (Lipinski definition) is 1. The quantitative estimate of drug-likeness (QED) is 0.826. The van der Waals surface area contributed by atoms with Gasteiger partial charge in [0.15, 0.2) is 0 Å². The number of piperazine rings is 1. The summed E-state index contributed by atoms with van der Waals surface area (Å²) in [4.78, 5) is 44.2. The van der Waals surface area contributed by atoms with Gasteiger partial charge in [-0.15, -0.1) is 0 Å². The Morgan fingerprint density at radius 2 is 1.83 bits per heavy atom. The third-order valence-corrected chi connectivity index (χ3v) is 6.30. The van der Waals surface area contributed by atoms with E-state index in [1.165, 1.54) is 0 Å². The number of carbonyl (C=O) groups excluding carboxylic acids is 3. The number of rotatable bonds is 4. The van der Waals surface area contributed by atoms with Crippen molar-refractivity contribution in [1.29, 1.82) is 0 Å². The Kier molecular flexibility index (Phi) is 6.13. The van der Waals surface area contributed by atoms with Crippen LogP contribution in [-0.4, -0.2) is 77.7 Å². The molecule has 3 fully saturated rings. The molecule has 4 rings (SSSR count). The summed E-state index contributed by atoms with van der Waals surface area (Å²) in [7, 11) is 0. The van der Waals surface area contributed by atoms with Crippen molar-refractivity contribution in [3.8, 4) is 0 Å². The number of likely N-dealkylation sites (tertiary alicyclic amines) is 2. The van der Waals surface area contributed by atoms with Crippen LogP contribution in [-0.2, 0) is 14.4 Å². The zero-order valence-corrected chi connectivity index (χ0v) is 16.9. The maximum atomic E-state index is 13.7. The maximum Gasteiger partial charge on any atom is 0.250 e. The summed E-state index contributed by atoms with van der Waals surface area (Å²) >= 11 is 0. The first kappa shape index (κ1) is 19.9. The second-order valence-electron chi connectivity index (χ2n) is 8.20. The summed E-state index contributed by atoms with van der Waals surface area (Å²) < 4.78 is 0. The van der Waals surface area contributed by atoms with E-state index in [1.54, 1.807) is 4.90 Å². The molecule has 3 amide bonds. The zero-order chi connectivity index (χ0) is 20.2. The van der Waals surface area contributed by atoms with E-state index in [2.05, 4.69) is 5.32 Å². The van der Waals surface area contributed by atoms with E-state index in [9.17, 15) is 14.4 Å². The van der Waals surface area contributed by atoms with Crippen LogP contribution >= 0.6 is 0 Å². The second kappa shape index (κ2) is 8.95. The molecule has 29 heavy (non-hydrogen) atoms. The van der Waals surface area contributed by atoms with E-state index < -0.39 is 6.04 Å². The molecule has 3 heterocycles. The number of hydrogen-bond acceptors (Lipinski definition) is 4. The van der Waals surface area contributed by atoms with Gasteiger partial charge in [-0.2, -0.15) is 0 Å². The molecule has 156 valence electrons. The fourth-order valence-electron chi connectivity index (χ4n) is 4.78. The average molecular weight is 399 g/mol. The highest BCUT2D eigenvalue weighted by atomic mass is 16.2. The van der Waals surface area contributed by atoms with Crippen LogP contribution in [0.25, 0.3) is 0 Å². The topological polar surface area (TPSA) is 73.0 Å². The van der Waals surface area contributed by atoms with Gasteiger partial charge in [-0.1, -0.05) is 30.3 Å². The van der Waals surface area contributed by atoms with Gasteiger partial charge in [-0.3, -0.25) is 14.4 Å². The van der Waals surface area contributed by atoms with Crippen molar-refractivity contribution >= 4 is 17.7 Å². The lowest BCUT2D eigenvalue weighted by Gasteiger charge is -2.43. The molecular weight excluding hydrogens is 368 g/mol. The minimum absolute atomic E-state index is 0.0151. The number of benzene rings is 1. The lowest BCUT2D eigenvalue weighted by atomic mass is 9.97. The van der Waals surface area contributed by atoms with E-state index in [0.29, 0.717) is 39.1 Å². The lowest BCUT2D eigenvalue weighted by Crippen LogP contribution is -2.58. The highest BCUT2D eigenvalue weighted by Crippen LogP contribution is 2.29. The summed E-state index contributed by atoms with van der Waals surface area (Å²) in [5.41, 5.74) is 0.869. The van der Waals surface area contributed by atoms with Gasteiger partial charge in [0.05, 0.1) is 6.54 Å². The van der Waals surface area contributed by atoms with Gasteiger partial charge in [0.1, 0.15) is 6.04 Å². The number of piperidine rings is 2. The van der Waals surface area contributed by atoms with E-state index >= 15 is 0 Å². The predicted octanol–water partition coefficient (Wildman–Crippen LogP) is 1.16. The van der Waals surface area contributed by atoms with Crippen LogP contribution < -0.4 is 5.32 Å². The molecule has 3 saturated heterocycles. The molecule has 3 aliphatic rings. The normalized spacial score (nSPS) is 24.6. The monoisotopic (exact) mass is 398 g/mol. The lowest BCUT2D eigenvalue weighted by molar-refractivity contribution is -0.150. The molecule has 7 nitrogen and oxygen atoms in total. The predicted molar refractivity (Wildman–Crippen MR) is 109 cm³/mol. The number of nitrogens with zero attached hydrogens (tertiary/aromatic N) is 3. The Morgan fingerprint density at radius 3 is 2.59 bits per heavy atom. The van der Waals surface area contributed by atoms with Crippen molar-refractivity contribution in [3.63, 3.8) is 0 Å². The molecule has 1 N–H and O–H groups in total. The van der Waals surface area contributed by atoms with Gasteiger partial charge in [0.2, 0.25) is 17.7 Å². The van der Waals surface area contributed by atoms with Gasteiger partial charge in [0, 0.05) is 45.2 Å². The van der Waals surface area contributed by atoms with E-state index in [-0.39, 0.29) is 23.8 Å². The Bertz CT molecular complexity index is 754. The van der Waals surface area contributed by atoms with Gasteiger partial charge < -0.3 is 20.0 Å². The summed E-state index contributed by atoms with van der Waals surface area (Å²) in [6, 6.07) is 9.13. The summed E-state index contributed by atoms with van der Waals surface area (Å²) in [5, 5.41) is 3.11. The van der Waals surface area contributed by atoms with Gasteiger partial charge >= 0.3 is 0 Å². The Balaban J connectivity index is 1.55. The molecule has 2 unspecified atom stereocenters. The molecule has 0 spiro atoms. The Hall–Kier alpha value is -2.41. The molecular formula is C22H30N4O3. The summed E-state index contributed by atoms with van der Waals surface area (Å²) in [6.45, 7) is 3.72. The summed E-state index contributed by atoms with van der Waals surface area (Å²) in [5.74, 6) is 0.157. The highest BCUT2D eigenvalue weighted by Gasteiger charge is 2.38. The highest BCUT2D eigenvalue weighted by molar-refractivity contribution is 5.89. The minimum Gasteiger partial charge on any atom is -0.339 e. The molecule has 3 aliphatic heterocycles. The van der Waals surface area contributed by atoms with Gasteiger partial charge in [0.25, 0.3) is 0 Å². The first-order chi connectivity index (χ1) is 14.1. The van der Waals surface area contributed by atoms with Gasteiger partial charge in [-0.05, 0) is 31.2 Å². The van der Waals surface area contributed by atoms with Crippen LogP contribution in [0.4, 0.5) is 0 Å². The number of amides is 3. The smallest absolute Gasteiger partial charge is 0.250 e. The van der Waals surface area contributed by atoms with Crippen LogP contribution in [0.15, 0.2) is 30.3 Å². The van der Waals surface area contributed by atoms with Crippen LogP contribution in [0.2, 0.25) is 0 Å². The van der Waals surface area contributed by atoms with Crippen molar-refractivity contribution in [3.05, 3.63) is 35.9 Å². The van der Waals surface area contributed by atoms with Gasteiger partial charge in [-0.25, -0.2) is 0 Å². The molecule has 0 saturated carbocycles. The average Bonchev–Trinajstić information content (AvgIpc) is 2.76.